The van der Waals surface area contributed by atoms with Crippen molar-refractivity contribution in [2.45, 2.75) is 11.8 Å². The van der Waals surface area contributed by atoms with Gasteiger partial charge in [-0.1, -0.05) is 23.4 Å². The third kappa shape index (κ3) is 4.56. The second kappa shape index (κ2) is 7.94. The fourth-order valence-corrected chi connectivity index (χ4v) is 3.59. The highest BCUT2D eigenvalue weighted by atomic mass is 35.5. The van der Waals surface area contributed by atoms with Gasteiger partial charge in [-0.2, -0.15) is 0 Å². The molecule has 0 aliphatic rings. The Balaban J connectivity index is 1.99. The summed E-state index contributed by atoms with van der Waals surface area (Å²) in [5, 5.41) is 0.0702. The molecule has 0 spiro atoms. The van der Waals surface area contributed by atoms with Crippen molar-refractivity contribution in [3.63, 3.8) is 0 Å². The van der Waals surface area contributed by atoms with Crippen LogP contribution in [0, 0.1) is 30.4 Å². The highest BCUT2D eigenvalue weighted by Crippen LogP contribution is 2.23. The second-order valence-electron chi connectivity index (χ2n) is 5.57. The highest BCUT2D eigenvalue weighted by Gasteiger charge is 2.23. The van der Waals surface area contributed by atoms with Crippen molar-refractivity contribution >= 4 is 33.4 Å². The molecule has 0 atom stereocenters. The maximum Gasteiger partial charge on any atom is 0.264 e. The average molecular weight is 437 g/mol. The largest absolute Gasteiger partial charge is 0.368 e. The lowest BCUT2D eigenvalue weighted by molar-refractivity contribution is 0.569. The smallest absolute Gasteiger partial charge is 0.264 e. The van der Waals surface area contributed by atoms with Crippen LogP contribution >= 0.6 is 11.6 Å². The van der Waals surface area contributed by atoms with E-state index in [1.54, 1.807) is 0 Å². The number of rotatable bonds is 3. The number of hydrogen-bond acceptors (Lipinski definition) is 7. The van der Waals surface area contributed by atoms with Crippen molar-refractivity contribution in [3.05, 3.63) is 64.3 Å². The number of nitrogens with one attached hydrogen (secondary N) is 1. The van der Waals surface area contributed by atoms with E-state index in [4.69, 9.17) is 17.3 Å². The standard InChI is InChI=1S/C17H11ClF2N6O2S/c1-9-14(4-11(18)7-22-9)29(27,28)26-16-15(20)12(13(19)8-23-16)3-2-10-5-24-17(21)25-6-10/h4-8H,1H3,(H,23,26)(H2,21,24,25). The highest BCUT2D eigenvalue weighted by molar-refractivity contribution is 7.92. The lowest BCUT2D eigenvalue weighted by Crippen LogP contribution is -2.17. The van der Waals surface area contributed by atoms with Gasteiger partial charge in [0.05, 0.1) is 22.5 Å². The second-order valence-corrected chi connectivity index (χ2v) is 7.65. The van der Waals surface area contributed by atoms with Crippen LogP contribution < -0.4 is 10.5 Å². The first-order valence-electron chi connectivity index (χ1n) is 7.76. The van der Waals surface area contributed by atoms with Crippen LogP contribution in [0.2, 0.25) is 5.02 Å². The van der Waals surface area contributed by atoms with Gasteiger partial charge in [0, 0.05) is 18.6 Å². The third-order valence-electron chi connectivity index (χ3n) is 3.50. The minimum Gasteiger partial charge on any atom is -0.368 e. The maximum atomic E-state index is 14.7. The Morgan fingerprint density at radius 1 is 1.07 bits per heavy atom. The summed E-state index contributed by atoms with van der Waals surface area (Å²) in [7, 11) is -4.29. The number of halogens is 3. The lowest BCUT2D eigenvalue weighted by atomic mass is 10.2. The van der Waals surface area contributed by atoms with E-state index in [1.807, 2.05) is 4.72 Å². The van der Waals surface area contributed by atoms with Crippen LogP contribution in [0.4, 0.5) is 20.5 Å². The molecule has 0 fully saturated rings. The van der Waals surface area contributed by atoms with Gasteiger partial charge in [0.2, 0.25) is 5.95 Å². The van der Waals surface area contributed by atoms with Crippen molar-refractivity contribution in [2.75, 3.05) is 10.5 Å². The molecule has 148 valence electrons. The average Bonchev–Trinajstić information content (AvgIpc) is 2.67. The molecule has 0 aliphatic heterocycles. The van der Waals surface area contributed by atoms with Crippen molar-refractivity contribution in [1.29, 1.82) is 0 Å². The maximum absolute atomic E-state index is 14.7. The van der Waals surface area contributed by atoms with Gasteiger partial charge >= 0.3 is 0 Å². The Morgan fingerprint density at radius 2 is 1.76 bits per heavy atom. The van der Waals surface area contributed by atoms with Gasteiger partial charge in [-0.15, -0.1) is 0 Å². The van der Waals surface area contributed by atoms with Gasteiger partial charge in [-0.25, -0.2) is 32.2 Å². The van der Waals surface area contributed by atoms with Gasteiger partial charge in [-0.3, -0.25) is 9.71 Å². The number of pyridine rings is 2. The summed E-state index contributed by atoms with van der Waals surface area (Å²) < 4.78 is 55.8. The fourth-order valence-electron chi connectivity index (χ4n) is 2.13. The molecule has 0 radical (unpaired) electrons. The van der Waals surface area contributed by atoms with Crippen molar-refractivity contribution in [1.82, 2.24) is 19.9 Å². The Bertz CT molecular complexity index is 1260. The first-order valence-corrected chi connectivity index (χ1v) is 9.62. The van der Waals surface area contributed by atoms with E-state index in [2.05, 4.69) is 31.8 Å². The number of anilines is 2. The minimum atomic E-state index is -4.29. The molecule has 3 heterocycles. The summed E-state index contributed by atoms with van der Waals surface area (Å²) in [6, 6.07) is 1.15. The van der Waals surface area contributed by atoms with Gasteiger partial charge in [-0.05, 0) is 13.0 Å². The topological polar surface area (TPSA) is 124 Å². The summed E-state index contributed by atoms with van der Waals surface area (Å²) >= 11 is 5.78. The van der Waals surface area contributed by atoms with Gasteiger partial charge < -0.3 is 5.73 Å². The van der Waals surface area contributed by atoms with Crippen LogP contribution in [0.3, 0.4) is 0 Å². The predicted octanol–water partition coefficient (Wildman–Crippen LogP) is 2.29. The summed E-state index contributed by atoms with van der Waals surface area (Å²) in [6.45, 7) is 1.44. The molecular weight excluding hydrogens is 426 g/mol. The number of sulfonamides is 1. The molecular formula is C17H11ClF2N6O2S. The lowest BCUT2D eigenvalue weighted by Gasteiger charge is -2.11. The number of nitrogen functional groups attached to an aromatic ring is 1. The molecule has 0 aromatic carbocycles. The molecule has 0 saturated heterocycles. The van der Waals surface area contributed by atoms with Crippen LogP contribution in [-0.4, -0.2) is 28.4 Å². The molecule has 3 N–H and O–H groups in total. The first-order chi connectivity index (χ1) is 13.7. The number of nitrogens with zero attached hydrogens (tertiary/aromatic N) is 4. The molecule has 0 amide bonds. The predicted molar refractivity (Wildman–Crippen MR) is 101 cm³/mol. The van der Waals surface area contributed by atoms with Crippen molar-refractivity contribution < 1.29 is 17.2 Å². The minimum absolute atomic E-state index is 0.0133. The normalized spacial score (nSPS) is 10.9. The monoisotopic (exact) mass is 436 g/mol. The van der Waals surface area contributed by atoms with Gasteiger partial charge in [0.25, 0.3) is 10.0 Å². The SMILES string of the molecule is Cc1ncc(Cl)cc1S(=O)(=O)Nc1ncc(F)c(C#Cc2cnc(N)nc2)c1F. The molecule has 3 aromatic heterocycles. The molecule has 0 saturated carbocycles. The fraction of sp³-hybridized carbons (Fsp3) is 0.0588. The number of nitrogens with two attached hydrogens (primary N) is 1. The van der Waals surface area contributed by atoms with Crippen LogP contribution in [0.5, 0.6) is 0 Å². The van der Waals surface area contributed by atoms with E-state index in [-0.39, 0.29) is 27.1 Å². The Hall–Kier alpha value is -3.36. The molecule has 29 heavy (non-hydrogen) atoms. The van der Waals surface area contributed by atoms with E-state index in [0.717, 1.165) is 6.07 Å². The molecule has 0 unspecified atom stereocenters. The summed E-state index contributed by atoms with van der Waals surface area (Å²) in [5.74, 6) is 1.66. The number of aromatic nitrogens is 4. The van der Waals surface area contributed by atoms with Crippen molar-refractivity contribution in [2.24, 2.45) is 0 Å². The summed E-state index contributed by atoms with van der Waals surface area (Å²) in [6.07, 6.45) is 4.45. The van der Waals surface area contributed by atoms with Gasteiger partial charge in [0.15, 0.2) is 17.5 Å². The molecule has 12 heteroatoms. The number of hydrogen-bond donors (Lipinski definition) is 2. The van der Waals surface area contributed by atoms with Crippen LogP contribution in [0.1, 0.15) is 16.8 Å². The Kier molecular flexibility index (Phi) is 5.58. The first kappa shape index (κ1) is 20.4. The van der Waals surface area contributed by atoms with E-state index < -0.39 is 33.0 Å². The molecule has 3 rings (SSSR count). The van der Waals surface area contributed by atoms with Crippen LogP contribution in [-0.2, 0) is 10.0 Å². The van der Waals surface area contributed by atoms with E-state index in [9.17, 15) is 17.2 Å². The summed E-state index contributed by atoms with van der Waals surface area (Å²) in [4.78, 5) is 14.4. The Morgan fingerprint density at radius 3 is 2.45 bits per heavy atom. The summed E-state index contributed by atoms with van der Waals surface area (Å²) in [5.41, 5.74) is 5.05. The third-order valence-corrected chi connectivity index (χ3v) is 5.17. The van der Waals surface area contributed by atoms with E-state index in [1.165, 1.54) is 25.5 Å². The zero-order valence-electron chi connectivity index (χ0n) is 14.6. The van der Waals surface area contributed by atoms with Gasteiger partial charge in [0.1, 0.15) is 10.5 Å². The molecule has 0 bridgehead atoms. The quantitative estimate of drug-likeness (QED) is 0.603. The number of aryl methyl sites for hydroxylation is 1. The Labute approximate surface area is 169 Å². The van der Waals surface area contributed by atoms with E-state index in [0.29, 0.717) is 6.20 Å². The van der Waals surface area contributed by atoms with E-state index >= 15 is 0 Å². The molecule has 3 aromatic rings. The van der Waals surface area contributed by atoms with Crippen LogP contribution in [0.15, 0.2) is 35.7 Å². The molecule has 0 aliphatic carbocycles. The van der Waals surface area contributed by atoms with Crippen LogP contribution in [0.25, 0.3) is 0 Å². The zero-order valence-corrected chi connectivity index (χ0v) is 16.2. The molecule has 8 nitrogen and oxygen atoms in total. The zero-order chi connectivity index (χ0) is 21.2. The van der Waals surface area contributed by atoms with Crippen molar-refractivity contribution in [3.8, 4) is 11.8 Å².